The number of nitrogens with two attached hydrogens (primary N) is 1. The van der Waals surface area contributed by atoms with Crippen molar-refractivity contribution in [2.24, 2.45) is 0 Å². The lowest BCUT2D eigenvalue weighted by atomic mass is 10.1. The highest BCUT2D eigenvalue weighted by molar-refractivity contribution is 7.45. The van der Waals surface area contributed by atoms with E-state index in [9.17, 15) is 24.2 Å². The van der Waals surface area contributed by atoms with Crippen LogP contribution in [-0.2, 0) is 29.7 Å². The van der Waals surface area contributed by atoms with E-state index in [2.05, 4.69) is 82.4 Å². The molecule has 2 fully saturated rings. The second kappa shape index (κ2) is 16.3. The first kappa shape index (κ1) is 39.4. The number of phosphoric acid groups is 1. The quantitative estimate of drug-likeness (QED) is 0.0443. The molecule has 5 aromatic rings. The number of anilines is 4. The summed E-state index contributed by atoms with van der Waals surface area (Å²) in [5.74, 6) is 0.0513. The summed E-state index contributed by atoms with van der Waals surface area (Å²) < 4.78 is 31.3. The van der Waals surface area contributed by atoms with E-state index in [0.717, 1.165) is 58.9 Å². The molecule has 19 heteroatoms. The molecule has 1 unspecified atom stereocenters. The SMILES string of the molecule is CN(C)c1ccc2cc3ccc(N(C)C)cc3[n+](CCCC(=O)NCCCCCCNc3nc4c(=O)[nH]c(N)nc4n3[C@@H]3O[C@@H]4COP(=O)([O-])O[C@H]4[C@H]3O)c2c1. The number of phosphoric ester groups is 1. The number of rotatable bonds is 15. The van der Waals surface area contributed by atoms with Gasteiger partial charge in [-0.05, 0) is 43.2 Å². The lowest BCUT2D eigenvalue weighted by Gasteiger charge is -2.34. The van der Waals surface area contributed by atoms with Gasteiger partial charge in [0, 0.05) is 88.4 Å². The number of ether oxygens (including phenoxy) is 1. The minimum Gasteiger partial charge on any atom is -0.756 e. The number of unbranched alkanes of at least 4 members (excludes halogenated alkanes) is 3. The van der Waals surface area contributed by atoms with Crippen molar-refractivity contribution < 1.29 is 37.7 Å². The molecule has 6 N–H and O–H groups in total. The highest BCUT2D eigenvalue weighted by atomic mass is 31.2. The minimum atomic E-state index is -4.60. The predicted octanol–water partition coefficient (Wildman–Crippen LogP) is 2.14. The molecule has 0 aliphatic carbocycles. The number of aliphatic hydroxyl groups excluding tert-OH is 1. The van der Waals surface area contributed by atoms with Crippen molar-refractivity contribution in [2.45, 2.75) is 69.6 Å². The molecule has 1 amide bonds. The zero-order valence-electron chi connectivity index (χ0n) is 31.9. The Bertz CT molecular complexity index is 2280. The number of H-pyrrole nitrogens is 1. The van der Waals surface area contributed by atoms with Crippen LogP contribution >= 0.6 is 7.82 Å². The lowest BCUT2D eigenvalue weighted by Crippen LogP contribution is -2.41. The van der Waals surface area contributed by atoms with Crippen molar-refractivity contribution >= 4 is 70.0 Å². The maximum absolute atomic E-state index is 12.9. The molecule has 7 rings (SSSR count). The fourth-order valence-electron chi connectivity index (χ4n) is 7.30. The van der Waals surface area contributed by atoms with Gasteiger partial charge in [-0.2, -0.15) is 9.55 Å². The number of carbonyl (C=O) groups excluding carboxylic acids is 1. The van der Waals surface area contributed by atoms with Crippen molar-refractivity contribution in [1.82, 2.24) is 24.8 Å². The Morgan fingerprint density at radius 3 is 2.34 bits per heavy atom. The van der Waals surface area contributed by atoms with E-state index in [1.807, 2.05) is 28.2 Å². The Morgan fingerprint density at radius 1 is 1.02 bits per heavy atom. The van der Waals surface area contributed by atoms with Crippen LogP contribution < -0.4 is 41.2 Å². The summed E-state index contributed by atoms with van der Waals surface area (Å²) in [6, 6.07) is 15.2. The van der Waals surface area contributed by atoms with Crippen LogP contribution in [0, 0.1) is 0 Å². The van der Waals surface area contributed by atoms with Gasteiger partial charge in [-0.15, -0.1) is 0 Å². The number of imidazole rings is 1. The van der Waals surface area contributed by atoms with Gasteiger partial charge in [0.25, 0.3) is 13.4 Å². The van der Waals surface area contributed by atoms with E-state index in [1.165, 1.54) is 4.57 Å². The van der Waals surface area contributed by atoms with E-state index in [1.54, 1.807) is 0 Å². The number of nitrogen functional groups attached to an aromatic ring is 1. The average Bonchev–Trinajstić information content (AvgIpc) is 3.67. The Balaban J connectivity index is 0.899. The van der Waals surface area contributed by atoms with Gasteiger partial charge in [0.2, 0.25) is 28.8 Å². The number of aryl methyl sites for hydroxylation is 1. The first-order valence-corrected chi connectivity index (χ1v) is 20.3. The Labute approximate surface area is 323 Å². The number of aromatic nitrogens is 5. The lowest BCUT2D eigenvalue weighted by molar-refractivity contribution is -0.645. The van der Waals surface area contributed by atoms with Crippen molar-refractivity contribution in [3.05, 3.63) is 52.8 Å². The third-order valence-corrected chi connectivity index (χ3v) is 11.2. The molecule has 0 spiro atoms. The molecule has 2 saturated heterocycles. The molecule has 0 bridgehead atoms. The van der Waals surface area contributed by atoms with Crippen LogP contribution in [0.25, 0.3) is 33.0 Å². The minimum absolute atomic E-state index is 0.0223. The molecular weight excluding hydrogens is 743 g/mol. The number of nitrogens with zero attached hydrogens (tertiary/aromatic N) is 6. The van der Waals surface area contributed by atoms with Crippen LogP contribution in [0.3, 0.4) is 0 Å². The van der Waals surface area contributed by atoms with Gasteiger partial charge in [-0.25, -0.2) is 4.98 Å². The molecular formula is C37H49N10O8P. The maximum Gasteiger partial charge on any atom is 0.280 e. The zero-order chi connectivity index (χ0) is 39.7. The molecule has 5 atom stereocenters. The average molecular weight is 793 g/mol. The highest BCUT2D eigenvalue weighted by Gasteiger charge is 2.51. The van der Waals surface area contributed by atoms with E-state index in [4.69, 9.17) is 19.5 Å². The zero-order valence-corrected chi connectivity index (χ0v) is 32.8. The standard InChI is InChI=1S/C37H49N10O8P/c1-44(2)24-13-11-22-18-23-12-14-25(45(3)4)20-27(23)46(26(22)19-24)17-9-10-29(48)39-15-7-5-6-8-16-40-37-41-30-33(42-36(38)43-34(30)50)47(37)35-31(49)32-28(54-35)21-53-56(51,52)55-32/h11-14,18-20,28,31-32,35,49H,5-10,15-17,21H2,1-4H3,(H5-,38,39,40,41,42,43,48,50,51,52)/t28-,31-,32-,35-/m1/s1. The molecule has 300 valence electrons. The smallest absolute Gasteiger partial charge is 0.280 e. The molecule has 18 nitrogen and oxygen atoms in total. The van der Waals surface area contributed by atoms with E-state index >= 15 is 0 Å². The first-order valence-electron chi connectivity index (χ1n) is 18.8. The van der Waals surface area contributed by atoms with Crippen LogP contribution in [0.4, 0.5) is 23.3 Å². The molecule has 56 heavy (non-hydrogen) atoms. The number of aliphatic hydroxyl groups is 1. The fourth-order valence-corrected chi connectivity index (χ4v) is 8.24. The number of nitrogens with one attached hydrogen (secondary N) is 3. The number of carbonyl (C=O) groups is 1. The summed E-state index contributed by atoms with van der Waals surface area (Å²) >= 11 is 0. The number of benzene rings is 2. The van der Waals surface area contributed by atoms with Crippen LogP contribution in [0.15, 0.2) is 47.3 Å². The summed E-state index contributed by atoms with van der Waals surface area (Å²) in [5, 5.41) is 19.6. The summed E-state index contributed by atoms with van der Waals surface area (Å²) in [6.07, 6.45) is -0.348. The van der Waals surface area contributed by atoms with E-state index in [0.29, 0.717) is 32.5 Å². The van der Waals surface area contributed by atoms with Crippen LogP contribution in [0.1, 0.15) is 44.8 Å². The largest absolute Gasteiger partial charge is 0.756 e. The van der Waals surface area contributed by atoms with Crippen LogP contribution in [0.5, 0.6) is 0 Å². The van der Waals surface area contributed by atoms with Crippen molar-refractivity contribution in [3.8, 4) is 0 Å². The number of aromatic amines is 1. The summed E-state index contributed by atoms with van der Waals surface area (Å²) in [5.41, 5.74) is 9.75. The highest BCUT2D eigenvalue weighted by Crippen LogP contribution is 2.50. The van der Waals surface area contributed by atoms with Gasteiger partial charge >= 0.3 is 0 Å². The molecule has 5 heterocycles. The van der Waals surface area contributed by atoms with Crippen molar-refractivity contribution in [3.63, 3.8) is 0 Å². The number of pyridine rings is 1. The Hall–Kier alpha value is -4.84. The van der Waals surface area contributed by atoms with Crippen molar-refractivity contribution in [1.29, 1.82) is 0 Å². The molecule has 2 aromatic carbocycles. The number of hydrogen-bond donors (Lipinski definition) is 5. The fraction of sp³-hybridized carbons (Fsp3) is 0.486. The first-order chi connectivity index (χ1) is 26.8. The summed E-state index contributed by atoms with van der Waals surface area (Å²) in [7, 11) is 3.54. The van der Waals surface area contributed by atoms with Crippen LogP contribution in [0.2, 0.25) is 0 Å². The monoisotopic (exact) mass is 792 g/mol. The Morgan fingerprint density at radius 2 is 1.68 bits per heavy atom. The predicted molar refractivity (Wildman–Crippen MR) is 210 cm³/mol. The maximum atomic E-state index is 12.9. The Kier molecular flexibility index (Phi) is 11.5. The van der Waals surface area contributed by atoms with Gasteiger partial charge in [-0.3, -0.25) is 23.7 Å². The third-order valence-electron chi connectivity index (χ3n) is 10.2. The molecule has 0 radical (unpaired) electrons. The molecule has 0 saturated carbocycles. The number of amides is 1. The van der Waals surface area contributed by atoms with Crippen LogP contribution in [-0.4, -0.2) is 96.7 Å². The normalized spacial score (nSPS) is 22.1. The van der Waals surface area contributed by atoms with Gasteiger partial charge in [0.1, 0.15) is 24.9 Å². The summed E-state index contributed by atoms with van der Waals surface area (Å²) in [6.45, 7) is 1.40. The van der Waals surface area contributed by atoms with E-state index in [-0.39, 0.29) is 35.6 Å². The van der Waals surface area contributed by atoms with Gasteiger partial charge in [-0.1, -0.05) is 12.8 Å². The molecule has 3 aromatic heterocycles. The molecule has 2 aliphatic rings. The topological polar surface area (TPSA) is 229 Å². The number of fused-ring (bicyclic) bond motifs is 4. The third kappa shape index (κ3) is 8.31. The second-order valence-electron chi connectivity index (χ2n) is 14.7. The molecule has 2 aliphatic heterocycles. The van der Waals surface area contributed by atoms with E-state index < -0.39 is 37.9 Å². The van der Waals surface area contributed by atoms with Crippen molar-refractivity contribution in [2.75, 3.05) is 68.7 Å². The second-order valence-corrected chi connectivity index (χ2v) is 16.0. The van der Waals surface area contributed by atoms with Gasteiger partial charge in [0.05, 0.1) is 6.61 Å². The van der Waals surface area contributed by atoms with Gasteiger partial charge in [0.15, 0.2) is 17.4 Å². The summed E-state index contributed by atoms with van der Waals surface area (Å²) in [4.78, 5) is 52.7. The van der Waals surface area contributed by atoms with Gasteiger partial charge < -0.3 is 50.0 Å². The number of hydrogen-bond acceptors (Lipinski definition) is 14.